The lowest BCUT2D eigenvalue weighted by Crippen LogP contribution is -2.28. The van der Waals surface area contributed by atoms with Gasteiger partial charge in [0, 0.05) is 0 Å². The smallest absolute Gasteiger partial charge is 0.146 e. The SMILES string of the molecule is CN[C@@H](C)C(C)=O. The maximum atomic E-state index is 10.3. The van der Waals surface area contributed by atoms with Crippen LogP contribution in [0.1, 0.15) is 13.8 Å². The molecule has 0 aliphatic carbocycles. The number of likely N-dealkylation sites (N-methyl/N-ethyl adjacent to an activating group) is 1. The molecule has 0 spiro atoms. The van der Waals surface area contributed by atoms with Crippen LogP contribution in [0.15, 0.2) is 0 Å². The van der Waals surface area contributed by atoms with E-state index in [0.29, 0.717) is 0 Å². The van der Waals surface area contributed by atoms with Gasteiger partial charge in [0.2, 0.25) is 0 Å². The van der Waals surface area contributed by atoms with Crippen molar-refractivity contribution in [3.05, 3.63) is 0 Å². The fourth-order valence-electron chi connectivity index (χ4n) is 0.203. The van der Waals surface area contributed by atoms with E-state index in [-0.39, 0.29) is 11.8 Å². The highest BCUT2D eigenvalue weighted by Crippen LogP contribution is 1.77. The molecule has 0 aliphatic heterocycles. The van der Waals surface area contributed by atoms with Crippen LogP contribution in [0.2, 0.25) is 0 Å². The monoisotopic (exact) mass is 101 g/mol. The van der Waals surface area contributed by atoms with Crippen LogP contribution < -0.4 is 5.32 Å². The summed E-state index contributed by atoms with van der Waals surface area (Å²) in [5, 5.41) is 2.81. The number of ketones is 1. The second-order valence-corrected chi connectivity index (χ2v) is 1.62. The maximum Gasteiger partial charge on any atom is 0.146 e. The van der Waals surface area contributed by atoms with Gasteiger partial charge in [-0.15, -0.1) is 0 Å². The third kappa shape index (κ3) is 2.34. The number of nitrogens with one attached hydrogen (secondary N) is 1. The van der Waals surface area contributed by atoms with Crippen LogP contribution in [-0.2, 0) is 4.79 Å². The molecule has 2 heteroatoms. The summed E-state index contributed by atoms with van der Waals surface area (Å²) in [5.41, 5.74) is 0. The van der Waals surface area contributed by atoms with Crippen molar-refractivity contribution in [3.8, 4) is 0 Å². The summed E-state index contributed by atoms with van der Waals surface area (Å²) in [6.45, 7) is 3.41. The summed E-state index contributed by atoms with van der Waals surface area (Å²) < 4.78 is 0. The largest absolute Gasteiger partial charge is 0.311 e. The fourth-order valence-corrected chi connectivity index (χ4v) is 0.203. The Morgan fingerprint density at radius 3 is 2.14 bits per heavy atom. The zero-order chi connectivity index (χ0) is 5.86. The quantitative estimate of drug-likeness (QED) is 0.537. The molecule has 0 rings (SSSR count). The molecule has 0 amide bonds. The van der Waals surface area contributed by atoms with Crippen LogP contribution in [0.3, 0.4) is 0 Å². The first-order valence-electron chi connectivity index (χ1n) is 2.36. The van der Waals surface area contributed by atoms with E-state index < -0.39 is 0 Å². The molecule has 0 heterocycles. The lowest BCUT2D eigenvalue weighted by molar-refractivity contribution is -0.118. The van der Waals surface area contributed by atoms with Crippen LogP contribution in [0.5, 0.6) is 0 Å². The van der Waals surface area contributed by atoms with Crippen LogP contribution in [-0.4, -0.2) is 18.9 Å². The van der Waals surface area contributed by atoms with E-state index >= 15 is 0 Å². The molecule has 0 aliphatic rings. The molecule has 7 heavy (non-hydrogen) atoms. The molecule has 0 saturated heterocycles. The molecule has 2 nitrogen and oxygen atoms in total. The van der Waals surface area contributed by atoms with E-state index in [0.717, 1.165) is 0 Å². The lowest BCUT2D eigenvalue weighted by Gasteiger charge is -2.01. The predicted octanol–water partition coefficient (Wildman–Crippen LogP) is 0.183. The number of rotatable bonds is 2. The van der Waals surface area contributed by atoms with Crippen molar-refractivity contribution >= 4 is 5.78 Å². The number of Topliss-reactive ketones (excluding diaryl/α,β-unsaturated/α-hetero) is 1. The third-order valence-electron chi connectivity index (χ3n) is 1.04. The van der Waals surface area contributed by atoms with Crippen molar-refractivity contribution < 1.29 is 4.79 Å². The highest BCUT2D eigenvalue weighted by atomic mass is 16.1. The van der Waals surface area contributed by atoms with Gasteiger partial charge < -0.3 is 5.32 Å². The van der Waals surface area contributed by atoms with Gasteiger partial charge in [-0.05, 0) is 20.9 Å². The Hall–Kier alpha value is -0.370. The van der Waals surface area contributed by atoms with Gasteiger partial charge in [0.25, 0.3) is 0 Å². The van der Waals surface area contributed by atoms with E-state index in [4.69, 9.17) is 0 Å². The molecule has 0 fully saturated rings. The number of carbonyl (C=O) groups is 1. The maximum absolute atomic E-state index is 10.3. The molecule has 0 saturated carbocycles. The van der Waals surface area contributed by atoms with Crippen molar-refractivity contribution in [1.29, 1.82) is 0 Å². The second-order valence-electron chi connectivity index (χ2n) is 1.62. The van der Waals surface area contributed by atoms with Crippen molar-refractivity contribution in [2.45, 2.75) is 19.9 Å². The van der Waals surface area contributed by atoms with E-state index in [9.17, 15) is 4.79 Å². The number of carbonyl (C=O) groups excluding carboxylic acids is 1. The van der Waals surface area contributed by atoms with E-state index in [1.165, 1.54) is 0 Å². The normalized spacial score (nSPS) is 13.6. The minimum absolute atomic E-state index is 0.0139. The first-order valence-corrected chi connectivity index (χ1v) is 2.36. The van der Waals surface area contributed by atoms with Gasteiger partial charge in [0.1, 0.15) is 5.78 Å². The van der Waals surface area contributed by atoms with Gasteiger partial charge in [0.05, 0.1) is 6.04 Å². The molecule has 0 unspecified atom stereocenters. The van der Waals surface area contributed by atoms with Crippen LogP contribution in [0.25, 0.3) is 0 Å². The highest BCUT2D eigenvalue weighted by Gasteiger charge is 2.00. The van der Waals surface area contributed by atoms with Gasteiger partial charge >= 0.3 is 0 Å². The zero-order valence-corrected chi connectivity index (χ0v) is 4.99. The summed E-state index contributed by atoms with van der Waals surface area (Å²) in [5.74, 6) is 0.183. The second kappa shape index (κ2) is 2.75. The van der Waals surface area contributed by atoms with Crippen molar-refractivity contribution in [2.75, 3.05) is 7.05 Å². The van der Waals surface area contributed by atoms with Gasteiger partial charge in [0.15, 0.2) is 0 Å². The molecule has 0 bridgehead atoms. The zero-order valence-electron chi connectivity index (χ0n) is 4.99. The molecular weight excluding hydrogens is 90.1 g/mol. The van der Waals surface area contributed by atoms with Crippen LogP contribution in [0.4, 0.5) is 0 Å². The van der Waals surface area contributed by atoms with Gasteiger partial charge in [-0.25, -0.2) is 0 Å². The van der Waals surface area contributed by atoms with E-state index in [1.54, 1.807) is 14.0 Å². The molecule has 0 aromatic carbocycles. The summed E-state index contributed by atoms with van der Waals surface area (Å²) >= 11 is 0. The number of hydrogen-bond acceptors (Lipinski definition) is 2. The van der Waals surface area contributed by atoms with E-state index in [2.05, 4.69) is 5.32 Å². The Labute approximate surface area is 43.9 Å². The summed E-state index contributed by atoms with van der Waals surface area (Å²) in [6.07, 6.45) is 0. The minimum atomic E-state index is 0.0139. The molecule has 1 N–H and O–H groups in total. The van der Waals surface area contributed by atoms with Crippen molar-refractivity contribution in [1.82, 2.24) is 5.32 Å². The summed E-state index contributed by atoms with van der Waals surface area (Å²) in [4.78, 5) is 10.3. The fraction of sp³-hybridized carbons (Fsp3) is 0.800. The lowest BCUT2D eigenvalue weighted by atomic mass is 10.2. The first-order chi connectivity index (χ1) is 3.18. The van der Waals surface area contributed by atoms with Gasteiger partial charge in [-0.1, -0.05) is 0 Å². The first kappa shape index (κ1) is 6.63. The van der Waals surface area contributed by atoms with Gasteiger partial charge in [-0.3, -0.25) is 4.79 Å². The predicted molar refractivity (Wildman–Crippen MR) is 29.2 cm³/mol. The molecule has 0 aromatic rings. The van der Waals surface area contributed by atoms with Gasteiger partial charge in [-0.2, -0.15) is 0 Å². The average molecular weight is 101 g/mol. The van der Waals surface area contributed by atoms with Crippen molar-refractivity contribution in [2.24, 2.45) is 0 Å². The summed E-state index contributed by atoms with van der Waals surface area (Å²) in [7, 11) is 1.77. The molecule has 0 radical (unpaired) electrons. The molecule has 42 valence electrons. The minimum Gasteiger partial charge on any atom is -0.311 e. The summed E-state index contributed by atoms with van der Waals surface area (Å²) in [6, 6.07) is 0.0139. The topological polar surface area (TPSA) is 29.1 Å². The molecule has 0 aromatic heterocycles. The third-order valence-corrected chi connectivity index (χ3v) is 1.04. The standard InChI is InChI=1S/C5H11NO/c1-4(6-3)5(2)7/h4,6H,1-3H3/t4-/m0/s1. The van der Waals surface area contributed by atoms with Crippen molar-refractivity contribution in [3.63, 3.8) is 0 Å². The molecular formula is C5H11NO. The highest BCUT2D eigenvalue weighted by molar-refractivity contribution is 5.80. The van der Waals surface area contributed by atoms with E-state index in [1.807, 2.05) is 6.92 Å². The average Bonchev–Trinajstić information content (AvgIpc) is 1.65. The van der Waals surface area contributed by atoms with Crippen LogP contribution in [0, 0.1) is 0 Å². The number of hydrogen-bond donors (Lipinski definition) is 1. The van der Waals surface area contributed by atoms with Crippen LogP contribution >= 0.6 is 0 Å². The Kier molecular flexibility index (Phi) is 2.60. The Morgan fingerprint density at radius 2 is 2.14 bits per heavy atom. The molecule has 1 atom stereocenters. The Morgan fingerprint density at radius 1 is 1.71 bits per heavy atom. The Balaban J connectivity index is 3.34. The Bertz CT molecular complexity index is 70.5.